The van der Waals surface area contributed by atoms with E-state index in [2.05, 4.69) is 221 Å². The fourth-order valence-electron chi connectivity index (χ4n) is 11.9. The molecule has 368 valence electrons. The molecule has 0 aromatic heterocycles. The summed E-state index contributed by atoms with van der Waals surface area (Å²) in [6.45, 7) is 18.2. The van der Waals surface area contributed by atoms with E-state index in [1.807, 2.05) is 13.8 Å². The monoisotopic (exact) mass is 939 g/mol. The first-order valence-electron chi connectivity index (χ1n) is 28.0. The van der Waals surface area contributed by atoms with Crippen molar-refractivity contribution in [2.45, 2.75) is 151 Å². The fraction of sp³-hybridized carbons (Fsp3) is 0.362. The molecule has 1 aliphatic carbocycles. The van der Waals surface area contributed by atoms with Gasteiger partial charge in [-0.2, -0.15) is 0 Å². The Labute approximate surface area is 429 Å². The minimum absolute atomic E-state index is 0.176. The van der Waals surface area contributed by atoms with Gasteiger partial charge in [-0.1, -0.05) is 222 Å². The summed E-state index contributed by atoms with van der Waals surface area (Å²) in [5.41, 5.74) is 15.8. The Bertz CT molecular complexity index is 2910. The van der Waals surface area contributed by atoms with Gasteiger partial charge < -0.3 is 9.80 Å². The van der Waals surface area contributed by atoms with Crippen LogP contribution in [0.15, 0.2) is 170 Å². The lowest BCUT2D eigenvalue weighted by atomic mass is 9.65. The third-order valence-corrected chi connectivity index (χ3v) is 15.8. The Balaban J connectivity index is 0.00000334. The molecule has 8 aromatic rings. The number of unbranched alkanes of at least 4 members (excludes halogenated alkanes) is 3. The van der Waals surface area contributed by atoms with E-state index in [1.165, 1.54) is 153 Å². The molecule has 0 heterocycles. The van der Waals surface area contributed by atoms with Gasteiger partial charge in [0.2, 0.25) is 0 Å². The van der Waals surface area contributed by atoms with Gasteiger partial charge in [-0.15, -0.1) is 0 Å². The number of benzene rings is 8. The highest BCUT2D eigenvalue weighted by Gasteiger charge is 2.46. The standard InChI is InChI=1S/C67H76N2.C2H6/c1-7-13-22-50(11-5)47-67(48-51(12-6)23-14-8-2)63-45-57(68(55-37-33-49(10-4)34-38-55)65-31-20-27-53-25-16-18-29-59(53)65)41-43-61(63)62-44-42-58(46-64(62)67)69(56-39-35-52(36-40-56)24-15-9-3)66-32-21-28-54-26-17-19-30-60(54)66;1-2/h16-21,25-46,50-51H,7-15,22-24,47-48H2,1-6H3;1-2H3. The topological polar surface area (TPSA) is 6.48 Å². The van der Waals surface area contributed by atoms with E-state index in [4.69, 9.17) is 0 Å². The van der Waals surface area contributed by atoms with Gasteiger partial charge in [-0.05, 0) is 149 Å². The molecule has 1 aliphatic rings. The number of rotatable bonds is 22. The fourth-order valence-corrected chi connectivity index (χ4v) is 11.9. The first-order chi connectivity index (χ1) is 34.9. The molecular formula is C69H82N2. The normalized spacial score (nSPS) is 14.6. The van der Waals surface area contributed by atoms with Gasteiger partial charge in [-0.25, -0.2) is 0 Å². The van der Waals surface area contributed by atoms with Crippen LogP contribution < -0.4 is 9.80 Å². The highest BCUT2D eigenvalue weighted by Crippen LogP contribution is 2.59. The van der Waals surface area contributed by atoms with E-state index >= 15 is 0 Å². The summed E-state index contributed by atoms with van der Waals surface area (Å²) < 4.78 is 0. The van der Waals surface area contributed by atoms with Crippen LogP contribution >= 0.6 is 0 Å². The lowest BCUT2D eigenvalue weighted by molar-refractivity contribution is 0.266. The largest absolute Gasteiger partial charge is 0.310 e. The Morgan fingerprint density at radius 1 is 0.408 bits per heavy atom. The third-order valence-electron chi connectivity index (χ3n) is 15.8. The summed E-state index contributed by atoms with van der Waals surface area (Å²) >= 11 is 0. The predicted molar refractivity (Wildman–Crippen MR) is 312 cm³/mol. The second kappa shape index (κ2) is 24.3. The molecule has 2 unspecified atom stereocenters. The maximum absolute atomic E-state index is 2.66. The Morgan fingerprint density at radius 3 is 1.24 bits per heavy atom. The first-order valence-corrected chi connectivity index (χ1v) is 28.0. The smallest absolute Gasteiger partial charge is 0.0540 e. The molecular weight excluding hydrogens is 857 g/mol. The lowest BCUT2D eigenvalue weighted by Gasteiger charge is -2.39. The zero-order chi connectivity index (χ0) is 49.7. The molecule has 9 rings (SSSR count). The van der Waals surface area contributed by atoms with Gasteiger partial charge in [0.25, 0.3) is 0 Å². The van der Waals surface area contributed by atoms with Crippen molar-refractivity contribution < 1.29 is 0 Å². The minimum atomic E-state index is -0.176. The summed E-state index contributed by atoms with van der Waals surface area (Å²) in [5, 5.41) is 5.06. The maximum Gasteiger partial charge on any atom is 0.0540 e. The van der Waals surface area contributed by atoms with Crippen LogP contribution in [0, 0.1) is 11.8 Å². The number of nitrogens with zero attached hydrogens (tertiary/aromatic N) is 2. The van der Waals surface area contributed by atoms with Gasteiger partial charge in [0.15, 0.2) is 0 Å². The molecule has 2 heteroatoms. The maximum atomic E-state index is 2.66. The van der Waals surface area contributed by atoms with Crippen molar-refractivity contribution in [2.24, 2.45) is 11.8 Å². The molecule has 0 N–H and O–H groups in total. The molecule has 0 radical (unpaired) electrons. The summed E-state index contributed by atoms with van der Waals surface area (Å²) in [7, 11) is 0. The molecule has 0 saturated carbocycles. The van der Waals surface area contributed by atoms with Crippen LogP contribution in [0.5, 0.6) is 0 Å². The van der Waals surface area contributed by atoms with E-state index in [0.29, 0.717) is 11.8 Å². The van der Waals surface area contributed by atoms with Crippen LogP contribution in [0.2, 0.25) is 0 Å². The van der Waals surface area contributed by atoms with Gasteiger partial charge >= 0.3 is 0 Å². The average Bonchev–Trinajstić information content (AvgIpc) is 3.68. The molecule has 0 fully saturated rings. The Morgan fingerprint density at radius 2 is 0.817 bits per heavy atom. The van der Waals surface area contributed by atoms with Crippen LogP contribution in [0.25, 0.3) is 32.7 Å². The third kappa shape index (κ3) is 10.9. The number of hydrogen-bond donors (Lipinski definition) is 0. The second-order valence-corrected chi connectivity index (χ2v) is 20.2. The summed E-state index contributed by atoms with van der Waals surface area (Å²) in [5.74, 6) is 1.22. The quantitative estimate of drug-likeness (QED) is 0.0668. The van der Waals surface area contributed by atoms with Crippen LogP contribution in [-0.4, -0.2) is 0 Å². The lowest BCUT2D eigenvalue weighted by Crippen LogP contribution is -2.32. The van der Waals surface area contributed by atoms with Crippen LogP contribution in [0.1, 0.15) is 155 Å². The zero-order valence-corrected chi connectivity index (χ0v) is 44.6. The molecule has 8 aromatic carbocycles. The van der Waals surface area contributed by atoms with Crippen molar-refractivity contribution in [2.75, 3.05) is 9.80 Å². The average molecular weight is 939 g/mol. The van der Waals surface area contributed by atoms with E-state index in [-0.39, 0.29) is 5.41 Å². The van der Waals surface area contributed by atoms with E-state index in [1.54, 1.807) is 0 Å². The van der Waals surface area contributed by atoms with Crippen LogP contribution in [0.4, 0.5) is 34.1 Å². The van der Waals surface area contributed by atoms with E-state index in [0.717, 1.165) is 25.7 Å². The highest BCUT2D eigenvalue weighted by molar-refractivity contribution is 6.01. The first kappa shape index (κ1) is 51.2. The second-order valence-electron chi connectivity index (χ2n) is 20.2. The van der Waals surface area contributed by atoms with E-state index < -0.39 is 0 Å². The van der Waals surface area contributed by atoms with Crippen molar-refractivity contribution in [1.82, 2.24) is 0 Å². The summed E-state index contributed by atoms with van der Waals surface area (Å²) in [6, 6.07) is 65.5. The zero-order valence-electron chi connectivity index (χ0n) is 44.6. The van der Waals surface area contributed by atoms with E-state index in [9.17, 15) is 0 Å². The molecule has 2 atom stereocenters. The summed E-state index contributed by atoms with van der Waals surface area (Å²) in [6.07, 6.45) is 16.8. The highest BCUT2D eigenvalue weighted by atomic mass is 15.1. The molecule has 0 bridgehead atoms. The minimum Gasteiger partial charge on any atom is -0.310 e. The Kier molecular flexibility index (Phi) is 17.6. The van der Waals surface area contributed by atoms with Crippen molar-refractivity contribution in [1.29, 1.82) is 0 Å². The van der Waals surface area contributed by atoms with Crippen molar-refractivity contribution in [3.63, 3.8) is 0 Å². The molecule has 0 amide bonds. The Hall–Kier alpha value is -6.12. The van der Waals surface area contributed by atoms with Crippen molar-refractivity contribution >= 4 is 55.7 Å². The SMILES string of the molecule is CC.CCCCc1ccc(N(c2ccc3c(c2)C(CC(CC)CCCC)(CC(CC)CCCC)c2cc(N(c4ccc(CC)cc4)c4cccc5ccccc45)ccc2-3)c2cccc3ccccc23)cc1. The number of anilines is 6. The molecule has 0 aliphatic heterocycles. The van der Waals surface area contributed by atoms with Gasteiger partial charge in [-0.3, -0.25) is 0 Å². The molecule has 71 heavy (non-hydrogen) atoms. The number of hydrogen-bond acceptors (Lipinski definition) is 2. The van der Waals surface area contributed by atoms with Gasteiger partial charge in [0, 0.05) is 38.9 Å². The number of fused-ring (bicyclic) bond motifs is 5. The van der Waals surface area contributed by atoms with Gasteiger partial charge in [0.05, 0.1) is 11.4 Å². The van der Waals surface area contributed by atoms with Crippen LogP contribution in [0.3, 0.4) is 0 Å². The molecule has 0 spiro atoms. The predicted octanol–water partition coefficient (Wildman–Crippen LogP) is 21.3. The molecule has 0 saturated heterocycles. The van der Waals surface area contributed by atoms with Crippen molar-refractivity contribution in [3.8, 4) is 11.1 Å². The summed E-state index contributed by atoms with van der Waals surface area (Å²) in [4.78, 5) is 5.12. The van der Waals surface area contributed by atoms with Gasteiger partial charge in [0.1, 0.15) is 0 Å². The number of aryl methyl sites for hydroxylation is 2. The van der Waals surface area contributed by atoms with Crippen molar-refractivity contribution in [3.05, 3.63) is 192 Å². The van der Waals surface area contributed by atoms with Crippen LogP contribution in [-0.2, 0) is 18.3 Å². The molecule has 2 nitrogen and oxygen atoms in total.